The van der Waals surface area contributed by atoms with E-state index in [0.29, 0.717) is 0 Å². The second-order valence-electron chi connectivity index (χ2n) is 0.793. The summed E-state index contributed by atoms with van der Waals surface area (Å²) in [6.45, 7) is 0. The molecule has 6 heavy (non-hydrogen) atoms. The maximum atomic E-state index is 4.58. The zero-order valence-electron chi connectivity index (χ0n) is 4.22. The zero-order valence-corrected chi connectivity index (χ0v) is 3.22. The Morgan fingerprint density at radius 3 is 1.83 bits per heavy atom. The number of hydrogen-bond acceptors (Lipinski definition) is 1. The van der Waals surface area contributed by atoms with Crippen molar-refractivity contribution in [3.05, 3.63) is 24.7 Å². The summed E-state index contributed by atoms with van der Waals surface area (Å²) in [5, 5.41) is 0. The fourth-order valence-electron chi connectivity index (χ4n) is 0.227. The van der Waals surface area contributed by atoms with E-state index in [1.165, 1.54) is 0 Å². The molecule has 0 saturated carbocycles. The highest BCUT2D eigenvalue weighted by Gasteiger charge is 1.58. The first kappa shape index (κ1) is 5.24. The van der Waals surface area contributed by atoms with Gasteiger partial charge in [0.15, 0.2) is 0 Å². The Hall–Kier alpha value is -0.760. The molecule has 0 bridgehead atoms. The maximum Gasteiger partial charge on any atom is 1.00 e. The smallest absolute Gasteiger partial charge is 0.473 e. The summed E-state index contributed by atoms with van der Waals surface area (Å²) < 4.78 is 4.58. The van der Waals surface area contributed by atoms with Crippen molar-refractivity contribution in [2.24, 2.45) is 0 Å². The highest BCUT2D eigenvalue weighted by Crippen LogP contribution is 1.79. The van der Waals surface area contributed by atoms with Gasteiger partial charge in [0.25, 0.3) is 0 Å². The number of rotatable bonds is 0. The van der Waals surface area contributed by atoms with Crippen LogP contribution >= 0.6 is 0 Å². The maximum absolute atomic E-state index is 4.58. The highest BCUT2D eigenvalue weighted by atomic mass is 16.3. The van der Waals surface area contributed by atoms with Crippen molar-refractivity contribution in [2.75, 3.05) is 0 Å². The highest BCUT2D eigenvalue weighted by molar-refractivity contribution is 4.79. The predicted molar refractivity (Wildman–Crippen MR) is 23.4 cm³/mol. The normalized spacial score (nSPS) is 6.67. The van der Waals surface area contributed by atoms with Crippen molar-refractivity contribution >= 4 is 0 Å². The van der Waals surface area contributed by atoms with Gasteiger partial charge >= 0.3 is 1.43 Å². The van der Waals surface area contributed by atoms with Crippen LogP contribution < -0.4 is 0 Å². The molecule has 0 aliphatic carbocycles. The lowest BCUT2D eigenvalue weighted by molar-refractivity contribution is 0.567. The topological polar surface area (TPSA) is 44.6 Å². The van der Waals surface area contributed by atoms with Crippen molar-refractivity contribution in [1.82, 2.24) is 0 Å². The van der Waals surface area contributed by atoms with Crippen LogP contribution in [0.1, 0.15) is 1.43 Å². The summed E-state index contributed by atoms with van der Waals surface area (Å²) in [6, 6.07) is 3.67. The minimum atomic E-state index is 0. The van der Waals surface area contributed by atoms with Crippen LogP contribution in [0, 0.1) is 0 Å². The van der Waals surface area contributed by atoms with Gasteiger partial charge in [-0.15, -0.1) is 0 Å². The summed E-state index contributed by atoms with van der Waals surface area (Å²) >= 11 is 0. The average molecular weight is 87.1 g/mol. The van der Waals surface area contributed by atoms with Crippen LogP contribution in [0.4, 0.5) is 0 Å². The standard InChI is InChI=1S/C4H4O.H2O/c1-2-4-5-3-1;/h1-4H;1H2/p+1. The van der Waals surface area contributed by atoms with E-state index in [-0.39, 0.29) is 6.90 Å². The lowest BCUT2D eigenvalue weighted by atomic mass is 10.7. The SMILES string of the molecule is O.[H+].c1ccoc1. The van der Waals surface area contributed by atoms with Crippen LogP contribution in [-0.4, -0.2) is 5.48 Å². The largest absolute Gasteiger partial charge is 1.00 e. The molecule has 0 fully saturated rings. The van der Waals surface area contributed by atoms with Gasteiger partial charge in [0.1, 0.15) is 0 Å². The monoisotopic (exact) mass is 87.0 g/mol. The van der Waals surface area contributed by atoms with E-state index >= 15 is 0 Å². The van der Waals surface area contributed by atoms with E-state index in [2.05, 4.69) is 4.42 Å². The second kappa shape index (κ2) is 2.48. The fourth-order valence-corrected chi connectivity index (χ4v) is 0.227. The van der Waals surface area contributed by atoms with Crippen molar-refractivity contribution in [2.45, 2.75) is 0 Å². The van der Waals surface area contributed by atoms with Gasteiger partial charge in [-0.2, -0.15) is 0 Å². The third kappa shape index (κ3) is 0.904. The molecule has 1 aromatic heterocycles. The van der Waals surface area contributed by atoms with Gasteiger partial charge in [0.2, 0.25) is 0 Å². The quantitative estimate of drug-likeness (QED) is 0.456. The molecule has 0 unspecified atom stereocenters. The molecule has 0 amide bonds. The van der Waals surface area contributed by atoms with Crippen molar-refractivity contribution in [1.29, 1.82) is 0 Å². The average Bonchev–Trinajstić information content (AvgIpc) is 1.76. The summed E-state index contributed by atoms with van der Waals surface area (Å²) in [7, 11) is 0. The van der Waals surface area contributed by atoms with Crippen molar-refractivity contribution in [3.8, 4) is 0 Å². The van der Waals surface area contributed by atoms with Crippen LogP contribution in [0.3, 0.4) is 0 Å². The van der Waals surface area contributed by atoms with Crippen molar-refractivity contribution < 1.29 is 11.3 Å². The molecule has 0 atom stereocenters. The summed E-state index contributed by atoms with van der Waals surface area (Å²) in [6.07, 6.45) is 3.25. The molecule has 2 heteroatoms. The first-order valence-electron chi connectivity index (χ1n) is 1.47. The Morgan fingerprint density at radius 2 is 1.67 bits per heavy atom. The second-order valence-corrected chi connectivity index (χ2v) is 0.793. The molecule has 0 aromatic carbocycles. The van der Waals surface area contributed by atoms with Gasteiger partial charge in [-0.3, -0.25) is 0 Å². The molecular formula is C4H7O2+. The van der Waals surface area contributed by atoms with Crippen LogP contribution in [0.15, 0.2) is 29.1 Å². The van der Waals surface area contributed by atoms with Crippen LogP contribution in [-0.2, 0) is 0 Å². The third-order valence-corrected chi connectivity index (χ3v) is 0.425. The lowest BCUT2D eigenvalue weighted by Crippen LogP contribution is -1.16. The molecule has 0 spiro atoms. The molecule has 0 saturated heterocycles. The van der Waals surface area contributed by atoms with Crippen molar-refractivity contribution in [3.63, 3.8) is 0 Å². The molecule has 34 valence electrons. The molecule has 1 aromatic rings. The molecule has 1 heterocycles. The first-order valence-corrected chi connectivity index (χ1v) is 1.47. The molecule has 2 nitrogen and oxygen atoms in total. The van der Waals surface area contributed by atoms with Gasteiger partial charge in [-0.05, 0) is 12.1 Å². The zero-order chi connectivity index (χ0) is 3.54. The molecule has 1 rings (SSSR count). The molecule has 0 aliphatic rings. The van der Waals surface area contributed by atoms with Crippen LogP contribution in [0.2, 0.25) is 0 Å². The van der Waals surface area contributed by atoms with Gasteiger partial charge in [0.05, 0.1) is 12.5 Å². The number of hydrogen-bond donors (Lipinski definition) is 0. The first-order chi connectivity index (χ1) is 2.50. The summed E-state index contributed by atoms with van der Waals surface area (Å²) in [4.78, 5) is 0. The van der Waals surface area contributed by atoms with Crippen LogP contribution in [0.5, 0.6) is 0 Å². The minimum Gasteiger partial charge on any atom is -0.473 e. The lowest BCUT2D eigenvalue weighted by Gasteiger charge is -1.50. The Kier molecular flexibility index (Phi) is 2.16. The molecule has 2 N–H and O–H groups in total. The van der Waals surface area contributed by atoms with E-state index in [1.54, 1.807) is 12.5 Å². The number of furan rings is 1. The van der Waals surface area contributed by atoms with Gasteiger partial charge < -0.3 is 9.89 Å². The van der Waals surface area contributed by atoms with E-state index in [9.17, 15) is 0 Å². The molecule has 0 radical (unpaired) electrons. The van der Waals surface area contributed by atoms with E-state index in [0.717, 1.165) is 0 Å². The van der Waals surface area contributed by atoms with E-state index in [4.69, 9.17) is 0 Å². The Balaban J connectivity index is 0. The fraction of sp³-hybridized carbons (Fsp3) is 0. The molecular weight excluding hydrogens is 80.0 g/mol. The predicted octanol–water partition coefficient (Wildman–Crippen LogP) is 0.567. The molecule has 0 aliphatic heterocycles. The summed E-state index contributed by atoms with van der Waals surface area (Å²) in [5.41, 5.74) is 0. The van der Waals surface area contributed by atoms with Gasteiger partial charge in [-0.25, -0.2) is 0 Å². The Morgan fingerprint density at radius 1 is 1.17 bits per heavy atom. The minimum absolute atomic E-state index is 0. The van der Waals surface area contributed by atoms with E-state index in [1.807, 2.05) is 12.1 Å². The van der Waals surface area contributed by atoms with Gasteiger partial charge in [-0.1, -0.05) is 0 Å². The third-order valence-electron chi connectivity index (χ3n) is 0.425. The van der Waals surface area contributed by atoms with Gasteiger partial charge in [0, 0.05) is 0 Å². The van der Waals surface area contributed by atoms with E-state index < -0.39 is 0 Å². The Bertz CT molecular complexity index is 66.2. The summed E-state index contributed by atoms with van der Waals surface area (Å²) in [5.74, 6) is 0. The Labute approximate surface area is 37.2 Å². The van der Waals surface area contributed by atoms with Crippen LogP contribution in [0.25, 0.3) is 0 Å².